The van der Waals surface area contributed by atoms with Gasteiger partial charge in [-0.15, -0.1) is 0 Å². The molecule has 2 aliphatic rings. The van der Waals surface area contributed by atoms with Gasteiger partial charge in [0, 0.05) is 55.2 Å². The standard InChI is InChI=1S/C38H51N3O3/c1-24-18-25(2)20-28(19-24)22-40-15-12-29-21-30(10-11-31(29)23-40)32-26(3)39-27(4)33(35(36(42)43)44-37(5,6)7)34(32)41-16-13-38(8,9)14-17-41/h10-11,18-21,35H,12-17,22-23H2,1-9H3,(H,42,43)/t35-/m0/s1. The van der Waals surface area contributed by atoms with E-state index in [-0.39, 0.29) is 5.41 Å². The molecule has 1 fully saturated rings. The number of pyridine rings is 1. The zero-order valence-electron chi connectivity index (χ0n) is 28.3. The minimum Gasteiger partial charge on any atom is -0.479 e. The Hall–Kier alpha value is -3.22. The van der Waals surface area contributed by atoms with Crippen LogP contribution in [0.5, 0.6) is 0 Å². The molecule has 1 N–H and O–H groups in total. The van der Waals surface area contributed by atoms with Crippen LogP contribution in [0, 0.1) is 33.1 Å². The molecule has 0 radical (unpaired) electrons. The van der Waals surface area contributed by atoms with E-state index in [0.29, 0.717) is 5.56 Å². The summed E-state index contributed by atoms with van der Waals surface area (Å²) in [5, 5.41) is 10.5. The number of hydrogen-bond acceptors (Lipinski definition) is 5. The van der Waals surface area contributed by atoms with Gasteiger partial charge in [-0.1, -0.05) is 61.4 Å². The van der Waals surface area contributed by atoms with Crippen LogP contribution in [-0.4, -0.2) is 46.2 Å². The van der Waals surface area contributed by atoms with E-state index in [2.05, 4.69) is 80.8 Å². The highest BCUT2D eigenvalue weighted by atomic mass is 16.5. The monoisotopic (exact) mass is 597 g/mol. The summed E-state index contributed by atoms with van der Waals surface area (Å²) in [7, 11) is 0. The Balaban J connectivity index is 1.56. The highest BCUT2D eigenvalue weighted by molar-refractivity contribution is 5.88. The number of anilines is 1. The number of piperidine rings is 1. The Morgan fingerprint density at radius 3 is 2.23 bits per heavy atom. The Morgan fingerprint density at radius 1 is 0.955 bits per heavy atom. The summed E-state index contributed by atoms with van der Waals surface area (Å²) in [6.45, 7) is 23.4. The fourth-order valence-electron chi connectivity index (χ4n) is 7.08. The first kappa shape index (κ1) is 32.2. The first-order valence-corrected chi connectivity index (χ1v) is 16.2. The van der Waals surface area contributed by atoms with Crippen LogP contribution in [0.3, 0.4) is 0 Å². The van der Waals surface area contributed by atoms with Crippen molar-refractivity contribution in [3.63, 3.8) is 0 Å². The number of carboxylic acids is 1. The lowest BCUT2D eigenvalue weighted by Gasteiger charge is -2.41. The van der Waals surface area contributed by atoms with Gasteiger partial charge in [-0.25, -0.2) is 4.79 Å². The highest BCUT2D eigenvalue weighted by Crippen LogP contribution is 2.45. The average molecular weight is 598 g/mol. The molecule has 0 unspecified atom stereocenters. The molecule has 1 atom stereocenters. The van der Waals surface area contributed by atoms with Crippen molar-refractivity contribution in [2.45, 2.75) is 106 Å². The molecule has 1 saturated heterocycles. The fourth-order valence-corrected chi connectivity index (χ4v) is 7.08. The fraction of sp³-hybridized carbons (Fsp3) is 0.526. The van der Waals surface area contributed by atoms with Crippen LogP contribution in [-0.2, 0) is 29.0 Å². The first-order valence-electron chi connectivity index (χ1n) is 16.2. The topological polar surface area (TPSA) is 65.9 Å². The zero-order valence-corrected chi connectivity index (χ0v) is 28.3. The van der Waals surface area contributed by atoms with Crippen molar-refractivity contribution < 1.29 is 14.6 Å². The van der Waals surface area contributed by atoms with Crippen molar-refractivity contribution in [1.82, 2.24) is 9.88 Å². The van der Waals surface area contributed by atoms with Crippen molar-refractivity contribution in [1.29, 1.82) is 0 Å². The smallest absolute Gasteiger partial charge is 0.337 e. The maximum absolute atomic E-state index is 12.8. The van der Waals surface area contributed by atoms with E-state index in [1.54, 1.807) is 0 Å². The second kappa shape index (κ2) is 12.3. The van der Waals surface area contributed by atoms with Crippen LogP contribution in [0.4, 0.5) is 5.69 Å². The number of ether oxygens (including phenoxy) is 1. The van der Waals surface area contributed by atoms with E-state index in [1.165, 1.54) is 27.8 Å². The number of aliphatic carboxylic acids is 1. The molecule has 0 amide bonds. The molecule has 5 rings (SSSR count). The zero-order chi connectivity index (χ0) is 32.0. The van der Waals surface area contributed by atoms with Gasteiger partial charge >= 0.3 is 5.97 Å². The van der Waals surface area contributed by atoms with Gasteiger partial charge in [0.05, 0.1) is 11.3 Å². The number of carbonyl (C=O) groups is 1. The number of aromatic nitrogens is 1. The second-order valence-corrected chi connectivity index (χ2v) is 15.0. The molecule has 6 nitrogen and oxygen atoms in total. The molecule has 0 spiro atoms. The largest absolute Gasteiger partial charge is 0.479 e. The van der Waals surface area contributed by atoms with Gasteiger partial charge in [0.25, 0.3) is 0 Å². The van der Waals surface area contributed by atoms with E-state index in [0.717, 1.165) is 80.2 Å². The van der Waals surface area contributed by atoms with Gasteiger partial charge in [-0.05, 0) is 95.4 Å². The average Bonchev–Trinajstić information content (AvgIpc) is 2.90. The number of rotatable bonds is 7. The van der Waals surface area contributed by atoms with Crippen LogP contribution >= 0.6 is 0 Å². The van der Waals surface area contributed by atoms with E-state index in [9.17, 15) is 9.90 Å². The van der Waals surface area contributed by atoms with Crippen LogP contribution in [0.2, 0.25) is 0 Å². The summed E-state index contributed by atoms with van der Waals surface area (Å²) in [5.74, 6) is -0.979. The molecular formula is C38H51N3O3. The Labute approximate surface area is 264 Å². The predicted octanol–water partition coefficient (Wildman–Crippen LogP) is 8.11. The number of benzene rings is 2. The summed E-state index contributed by atoms with van der Waals surface area (Å²) >= 11 is 0. The van der Waals surface area contributed by atoms with Crippen LogP contribution < -0.4 is 4.90 Å². The molecule has 6 heteroatoms. The molecule has 236 valence electrons. The maximum atomic E-state index is 12.8. The maximum Gasteiger partial charge on any atom is 0.337 e. The SMILES string of the molecule is Cc1cc(C)cc(CN2CCc3cc(-c4c(C)nc(C)c([C@H](OC(C)(C)C)C(=O)O)c4N4CCC(C)(C)CC4)ccc3C2)c1. The number of fused-ring (bicyclic) bond motifs is 1. The normalized spacial score (nSPS) is 17.8. The van der Waals surface area contributed by atoms with Crippen LogP contribution in [0.1, 0.15) is 98.3 Å². The minimum atomic E-state index is -1.11. The molecule has 0 saturated carbocycles. The summed E-state index contributed by atoms with van der Waals surface area (Å²) < 4.78 is 6.26. The van der Waals surface area contributed by atoms with Gasteiger partial charge in [0.1, 0.15) is 0 Å². The van der Waals surface area contributed by atoms with Crippen LogP contribution in [0.25, 0.3) is 11.1 Å². The molecule has 3 heterocycles. The van der Waals surface area contributed by atoms with Crippen molar-refractivity contribution >= 4 is 11.7 Å². The Morgan fingerprint density at radius 2 is 1.61 bits per heavy atom. The van der Waals surface area contributed by atoms with Crippen molar-refractivity contribution in [3.8, 4) is 11.1 Å². The van der Waals surface area contributed by atoms with Crippen LogP contribution in [0.15, 0.2) is 36.4 Å². The molecule has 0 bridgehead atoms. The molecule has 2 aliphatic heterocycles. The highest BCUT2D eigenvalue weighted by Gasteiger charge is 2.36. The Kier molecular flexibility index (Phi) is 8.99. The molecule has 1 aromatic heterocycles. The van der Waals surface area contributed by atoms with Gasteiger partial charge in [-0.2, -0.15) is 0 Å². The summed E-state index contributed by atoms with van der Waals surface area (Å²) in [4.78, 5) is 22.7. The summed E-state index contributed by atoms with van der Waals surface area (Å²) in [5.41, 5.74) is 11.8. The summed E-state index contributed by atoms with van der Waals surface area (Å²) in [6, 6.07) is 13.7. The molecule has 3 aromatic rings. The number of nitrogens with zero attached hydrogens (tertiary/aromatic N) is 3. The first-order chi connectivity index (χ1) is 20.6. The van der Waals surface area contributed by atoms with E-state index in [4.69, 9.17) is 9.72 Å². The lowest BCUT2D eigenvalue weighted by molar-refractivity contribution is -0.160. The van der Waals surface area contributed by atoms with Gasteiger partial charge < -0.3 is 14.7 Å². The third kappa shape index (κ3) is 7.18. The van der Waals surface area contributed by atoms with Crippen molar-refractivity contribution in [2.75, 3.05) is 24.5 Å². The lowest BCUT2D eigenvalue weighted by Crippen LogP contribution is -2.39. The second-order valence-electron chi connectivity index (χ2n) is 15.0. The Bertz CT molecular complexity index is 1520. The quantitative estimate of drug-likeness (QED) is 0.297. The van der Waals surface area contributed by atoms with Crippen molar-refractivity contribution in [2.24, 2.45) is 5.41 Å². The van der Waals surface area contributed by atoms with Gasteiger partial charge in [0.2, 0.25) is 0 Å². The molecule has 2 aromatic carbocycles. The predicted molar refractivity (Wildman–Crippen MR) is 179 cm³/mol. The van der Waals surface area contributed by atoms with E-state index >= 15 is 0 Å². The lowest BCUT2D eigenvalue weighted by atomic mass is 9.81. The third-order valence-corrected chi connectivity index (χ3v) is 9.24. The summed E-state index contributed by atoms with van der Waals surface area (Å²) in [6.07, 6.45) is 1.97. The molecular weight excluding hydrogens is 546 g/mol. The van der Waals surface area contributed by atoms with Gasteiger partial charge in [0.15, 0.2) is 6.10 Å². The van der Waals surface area contributed by atoms with Gasteiger partial charge in [-0.3, -0.25) is 9.88 Å². The molecule has 44 heavy (non-hydrogen) atoms. The third-order valence-electron chi connectivity index (χ3n) is 9.24. The minimum absolute atomic E-state index is 0.261. The van der Waals surface area contributed by atoms with E-state index < -0.39 is 17.7 Å². The number of aryl methyl sites for hydroxylation is 4. The number of hydrogen-bond donors (Lipinski definition) is 1. The van der Waals surface area contributed by atoms with Crippen molar-refractivity contribution in [3.05, 3.63) is 81.2 Å². The van der Waals surface area contributed by atoms with E-state index in [1.807, 2.05) is 27.7 Å². The molecule has 0 aliphatic carbocycles. The number of carboxylic acid groups (broad SMARTS) is 1.